The molecule has 3 rings (SSSR count). The SMILES string of the molecule is COc1ccccc1OC(C)C(=O)Nc1noc(-c2ccc(F)cc2)n1. The molecule has 26 heavy (non-hydrogen) atoms. The van der Waals surface area contributed by atoms with Crippen LogP contribution in [0, 0.1) is 5.82 Å². The molecule has 1 amide bonds. The Kier molecular flexibility index (Phi) is 5.12. The van der Waals surface area contributed by atoms with Gasteiger partial charge in [-0.25, -0.2) is 4.39 Å². The molecule has 2 aromatic carbocycles. The number of amides is 1. The van der Waals surface area contributed by atoms with E-state index in [2.05, 4.69) is 15.5 Å². The van der Waals surface area contributed by atoms with Gasteiger partial charge in [-0.1, -0.05) is 12.1 Å². The number of benzene rings is 2. The van der Waals surface area contributed by atoms with Crippen LogP contribution >= 0.6 is 0 Å². The van der Waals surface area contributed by atoms with E-state index in [1.807, 2.05) is 0 Å². The van der Waals surface area contributed by atoms with E-state index < -0.39 is 12.0 Å². The van der Waals surface area contributed by atoms with E-state index >= 15 is 0 Å². The molecule has 7 nitrogen and oxygen atoms in total. The molecule has 0 fully saturated rings. The highest BCUT2D eigenvalue weighted by Crippen LogP contribution is 2.27. The lowest BCUT2D eigenvalue weighted by Gasteiger charge is -2.15. The molecule has 1 heterocycles. The molecular weight excluding hydrogens is 341 g/mol. The summed E-state index contributed by atoms with van der Waals surface area (Å²) in [6, 6.07) is 12.6. The van der Waals surface area contributed by atoms with Gasteiger partial charge in [0, 0.05) is 5.56 Å². The first kappa shape index (κ1) is 17.4. The highest BCUT2D eigenvalue weighted by Gasteiger charge is 2.19. The van der Waals surface area contributed by atoms with Crippen LogP contribution in [-0.4, -0.2) is 29.3 Å². The van der Waals surface area contributed by atoms with Crippen LogP contribution in [0.3, 0.4) is 0 Å². The van der Waals surface area contributed by atoms with Gasteiger partial charge >= 0.3 is 0 Å². The van der Waals surface area contributed by atoms with E-state index in [4.69, 9.17) is 14.0 Å². The molecule has 0 aliphatic carbocycles. The number of halogens is 1. The maximum absolute atomic E-state index is 13.0. The van der Waals surface area contributed by atoms with Crippen molar-refractivity contribution in [3.8, 4) is 23.0 Å². The fraction of sp³-hybridized carbons (Fsp3) is 0.167. The van der Waals surface area contributed by atoms with Gasteiger partial charge in [-0.2, -0.15) is 4.98 Å². The number of ether oxygens (including phenoxy) is 2. The van der Waals surface area contributed by atoms with Crippen molar-refractivity contribution in [3.63, 3.8) is 0 Å². The smallest absolute Gasteiger partial charge is 0.270 e. The molecule has 0 saturated carbocycles. The van der Waals surface area contributed by atoms with Crippen molar-refractivity contribution in [1.82, 2.24) is 10.1 Å². The monoisotopic (exact) mass is 357 g/mol. The van der Waals surface area contributed by atoms with Gasteiger partial charge in [-0.15, -0.1) is 0 Å². The minimum atomic E-state index is -0.820. The summed E-state index contributed by atoms with van der Waals surface area (Å²) in [7, 11) is 1.52. The van der Waals surface area contributed by atoms with Crippen LogP contribution < -0.4 is 14.8 Å². The molecular formula is C18H16FN3O4. The number of nitrogens with one attached hydrogen (secondary N) is 1. The van der Waals surface area contributed by atoms with Crippen molar-refractivity contribution in [2.45, 2.75) is 13.0 Å². The number of anilines is 1. The molecule has 1 atom stereocenters. The van der Waals surface area contributed by atoms with Crippen molar-refractivity contribution in [3.05, 3.63) is 54.3 Å². The fourth-order valence-corrected chi connectivity index (χ4v) is 2.16. The second-order valence-electron chi connectivity index (χ2n) is 5.33. The first-order valence-corrected chi connectivity index (χ1v) is 7.77. The molecule has 1 unspecified atom stereocenters. The van der Waals surface area contributed by atoms with E-state index in [0.717, 1.165) is 0 Å². The molecule has 1 aromatic heterocycles. The van der Waals surface area contributed by atoms with Gasteiger partial charge < -0.3 is 14.0 Å². The zero-order valence-electron chi connectivity index (χ0n) is 14.1. The van der Waals surface area contributed by atoms with Crippen molar-refractivity contribution in [1.29, 1.82) is 0 Å². The summed E-state index contributed by atoms with van der Waals surface area (Å²) in [5, 5.41) is 6.19. The second-order valence-corrected chi connectivity index (χ2v) is 5.33. The molecule has 0 aliphatic rings. The van der Waals surface area contributed by atoms with Crippen molar-refractivity contribution >= 4 is 11.9 Å². The Labute approximate surface area is 148 Å². The third kappa shape index (κ3) is 3.97. The van der Waals surface area contributed by atoms with Crippen molar-refractivity contribution < 1.29 is 23.2 Å². The van der Waals surface area contributed by atoms with E-state index in [9.17, 15) is 9.18 Å². The summed E-state index contributed by atoms with van der Waals surface area (Å²) >= 11 is 0. The van der Waals surface area contributed by atoms with Gasteiger partial charge in [0.1, 0.15) is 5.82 Å². The molecule has 1 N–H and O–H groups in total. The summed E-state index contributed by atoms with van der Waals surface area (Å²) in [4.78, 5) is 16.3. The largest absolute Gasteiger partial charge is 0.493 e. The fourth-order valence-electron chi connectivity index (χ4n) is 2.16. The molecule has 0 radical (unpaired) electrons. The van der Waals surface area contributed by atoms with E-state index in [0.29, 0.717) is 17.1 Å². The first-order chi connectivity index (χ1) is 12.6. The number of aromatic nitrogens is 2. The highest BCUT2D eigenvalue weighted by molar-refractivity contribution is 5.92. The number of para-hydroxylation sites is 2. The maximum Gasteiger partial charge on any atom is 0.270 e. The van der Waals surface area contributed by atoms with Gasteiger partial charge in [0.05, 0.1) is 7.11 Å². The Balaban J connectivity index is 1.65. The van der Waals surface area contributed by atoms with Gasteiger partial charge in [0.15, 0.2) is 17.6 Å². The lowest BCUT2D eigenvalue weighted by Crippen LogP contribution is -2.30. The average Bonchev–Trinajstić information content (AvgIpc) is 3.11. The quantitative estimate of drug-likeness (QED) is 0.728. The lowest BCUT2D eigenvalue weighted by atomic mass is 10.2. The van der Waals surface area contributed by atoms with Crippen LogP contribution in [0.15, 0.2) is 53.1 Å². The van der Waals surface area contributed by atoms with Gasteiger partial charge in [0.2, 0.25) is 0 Å². The molecule has 3 aromatic rings. The van der Waals surface area contributed by atoms with Crippen molar-refractivity contribution in [2.75, 3.05) is 12.4 Å². The summed E-state index contributed by atoms with van der Waals surface area (Å²) < 4.78 is 28.8. The van der Waals surface area contributed by atoms with Crippen molar-refractivity contribution in [2.24, 2.45) is 0 Å². The summed E-state index contributed by atoms with van der Waals surface area (Å²) in [6.45, 7) is 1.59. The first-order valence-electron chi connectivity index (χ1n) is 7.77. The maximum atomic E-state index is 13.0. The van der Waals surface area contributed by atoms with Crippen LogP contribution in [-0.2, 0) is 4.79 Å². The third-order valence-electron chi connectivity index (χ3n) is 3.49. The Morgan fingerprint density at radius 3 is 2.54 bits per heavy atom. The molecule has 8 heteroatoms. The zero-order valence-corrected chi connectivity index (χ0v) is 14.1. The van der Waals surface area contributed by atoms with Crippen LogP contribution in [0.2, 0.25) is 0 Å². The second kappa shape index (κ2) is 7.64. The number of hydrogen-bond donors (Lipinski definition) is 1. The van der Waals surface area contributed by atoms with E-state index in [1.165, 1.54) is 31.4 Å². The Hall–Kier alpha value is -3.42. The lowest BCUT2D eigenvalue weighted by molar-refractivity contribution is -0.122. The van der Waals surface area contributed by atoms with E-state index in [1.54, 1.807) is 31.2 Å². The van der Waals surface area contributed by atoms with E-state index in [-0.39, 0.29) is 17.7 Å². The third-order valence-corrected chi connectivity index (χ3v) is 3.49. The topological polar surface area (TPSA) is 86.5 Å². The zero-order chi connectivity index (χ0) is 18.5. The standard InChI is InChI=1S/C18H16FN3O4/c1-11(25-15-6-4-3-5-14(15)24-2)16(23)20-18-21-17(26-22-18)12-7-9-13(19)10-8-12/h3-11H,1-2H3,(H,20,22,23). The minimum absolute atomic E-state index is 0.00944. The molecule has 0 saturated heterocycles. The van der Waals surface area contributed by atoms with Crippen LogP contribution in [0.25, 0.3) is 11.5 Å². The highest BCUT2D eigenvalue weighted by atomic mass is 19.1. The Morgan fingerprint density at radius 1 is 1.15 bits per heavy atom. The summed E-state index contributed by atoms with van der Waals surface area (Å²) in [5.74, 6) is 0.290. The summed E-state index contributed by atoms with van der Waals surface area (Å²) in [6.07, 6.45) is -0.820. The predicted octanol–water partition coefficient (Wildman–Crippen LogP) is 3.29. The average molecular weight is 357 g/mol. The number of carbonyl (C=O) groups excluding carboxylic acids is 1. The predicted molar refractivity (Wildman–Crippen MR) is 91.4 cm³/mol. The Morgan fingerprint density at radius 2 is 1.85 bits per heavy atom. The molecule has 0 spiro atoms. The molecule has 0 bridgehead atoms. The van der Waals surface area contributed by atoms with Crippen LogP contribution in [0.4, 0.5) is 10.3 Å². The number of nitrogens with zero attached hydrogens (tertiary/aromatic N) is 2. The van der Waals surface area contributed by atoms with Gasteiger partial charge in [0.25, 0.3) is 17.7 Å². The number of carbonyl (C=O) groups is 1. The molecule has 134 valence electrons. The molecule has 0 aliphatic heterocycles. The summed E-state index contributed by atoms with van der Waals surface area (Å²) in [5.41, 5.74) is 0.540. The Bertz CT molecular complexity index is 895. The minimum Gasteiger partial charge on any atom is -0.493 e. The number of methoxy groups -OCH3 is 1. The van der Waals surface area contributed by atoms with Crippen LogP contribution in [0.5, 0.6) is 11.5 Å². The number of rotatable bonds is 6. The van der Waals surface area contributed by atoms with Gasteiger partial charge in [-0.3, -0.25) is 10.1 Å². The normalized spacial score (nSPS) is 11.7. The number of hydrogen-bond acceptors (Lipinski definition) is 6. The van der Waals surface area contributed by atoms with Gasteiger partial charge in [-0.05, 0) is 48.5 Å². The van der Waals surface area contributed by atoms with Crippen LogP contribution in [0.1, 0.15) is 6.92 Å².